The predicted molar refractivity (Wildman–Crippen MR) is 78.0 cm³/mol. The standard InChI is InChI=1S/C14H15ClN4O2/c15-13-17-10-1-8-21-11(10)12(18-13)19-5-2-14(9-16,3-6-19)4-7-20/h1,8,20H,2-7H2. The molecule has 2 aromatic heterocycles. The number of piperidine rings is 1. The maximum atomic E-state index is 9.37. The van der Waals surface area contributed by atoms with E-state index < -0.39 is 5.41 Å². The van der Waals surface area contributed by atoms with Gasteiger partial charge in [0.2, 0.25) is 5.28 Å². The molecule has 3 rings (SSSR count). The summed E-state index contributed by atoms with van der Waals surface area (Å²) in [5.41, 5.74) is 0.855. The zero-order valence-corrected chi connectivity index (χ0v) is 12.2. The van der Waals surface area contributed by atoms with Gasteiger partial charge in [-0.2, -0.15) is 10.2 Å². The highest BCUT2D eigenvalue weighted by Crippen LogP contribution is 2.37. The highest BCUT2D eigenvalue weighted by Gasteiger charge is 2.35. The van der Waals surface area contributed by atoms with Crippen molar-refractivity contribution in [3.8, 4) is 6.07 Å². The first-order chi connectivity index (χ1) is 10.2. The van der Waals surface area contributed by atoms with E-state index in [-0.39, 0.29) is 11.9 Å². The molecule has 1 N–H and O–H groups in total. The Bertz CT molecular complexity index is 686. The van der Waals surface area contributed by atoms with E-state index in [2.05, 4.69) is 20.9 Å². The van der Waals surface area contributed by atoms with Crippen LogP contribution in [0.15, 0.2) is 16.7 Å². The molecule has 6 nitrogen and oxygen atoms in total. The van der Waals surface area contributed by atoms with Crippen LogP contribution in [0.4, 0.5) is 5.82 Å². The van der Waals surface area contributed by atoms with Crippen LogP contribution in [0.25, 0.3) is 11.1 Å². The van der Waals surface area contributed by atoms with Crippen molar-refractivity contribution in [1.29, 1.82) is 5.26 Å². The monoisotopic (exact) mass is 306 g/mol. The number of fused-ring (bicyclic) bond motifs is 1. The summed E-state index contributed by atoms with van der Waals surface area (Å²) in [4.78, 5) is 10.4. The van der Waals surface area contributed by atoms with Crippen LogP contribution in [-0.4, -0.2) is 34.8 Å². The Kier molecular flexibility index (Phi) is 3.70. The van der Waals surface area contributed by atoms with Crippen molar-refractivity contribution in [2.75, 3.05) is 24.6 Å². The van der Waals surface area contributed by atoms with Crippen LogP contribution in [0.1, 0.15) is 19.3 Å². The van der Waals surface area contributed by atoms with Gasteiger partial charge in [-0.25, -0.2) is 4.98 Å². The van der Waals surface area contributed by atoms with Crippen LogP contribution in [0.2, 0.25) is 5.28 Å². The quantitative estimate of drug-likeness (QED) is 0.876. The van der Waals surface area contributed by atoms with E-state index in [0.717, 1.165) is 0 Å². The van der Waals surface area contributed by atoms with Gasteiger partial charge in [0.15, 0.2) is 11.4 Å². The highest BCUT2D eigenvalue weighted by atomic mass is 35.5. The lowest BCUT2D eigenvalue weighted by Gasteiger charge is -2.37. The molecule has 1 aliphatic rings. The average Bonchev–Trinajstić information content (AvgIpc) is 2.95. The number of aromatic nitrogens is 2. The first-order valence-corrected chi connectivity index (χ1v) is 7.23. The van der Waals surface area contributed by atoms with Crippen molar-refractivity contribution in [2.45, 2.75) is 19.3 Å². The summed E-state index contributed by atoms with van der Waals surface area (Å²) in [6, 6.07) is 4.12. The largest absolute Gasteiger partial charge is 0.459 e. The number of furan rings is 1. The van der Waals surface area contributed by atoms with Crippen LogP contribution in [-0.2, 0) is 0 Å². The van der Waals surface area contributed by atoms with Gasteiger partial charge < -0.3 is 14.4 Å². The van der Waals surface area contributed by atoms with E-state index in [0.29, 0.717) is 49.3 Å². The molecule has 7 heteroatoms. The van der Waals surface area contributed by atoms with E-state index in [1.165, 1.54) is 0 Å². The number of rotatable bonds is 3. The van der Waals surface area contributed by atoms with Gasteiger partial charge in [-0.1, -0.05) is 0 Å². The summed E-state index contributed by atoms with van der Waals surface area (Å²) in [7, 11) is 0. The Balaban J connectivity index is 1.86. The molecule has 0 bridgehead atoms. The first kappa shape index (κ1) is 14.1. The summed E-state index contributed by atoms with van der Waals surface area (Å²) in [6.45, 7) is 1.39. The second-order valence-corrected chi connectivity index (χ2v) is 5.64. The van der Waals surface area contributed by atoms with Crippen LogP contribution in [0.5, 0.6) is 0 Å². The number of hydrogen-bond donors (Lipinski definition) is 1. The first-order valence-electron chi connectivity index (χ1n) is 6.85. The smallest absolute Gasteiger partial charge is 0.225 e. The van der Waals surface area contributed by atoms with Crippen molar-refractivity contribution in [2.24, 2.45) is 5.41 Å². The Hall–Kier alpha value is -1.84. The highest BCUT2D eigenvalue weighted by molar-refractivity contribution is 6.28. The fourth-order valence-corrected chi connectivity index (χ4v) is 2.98. The topological polar surface area (TPSA) is 86.2 Å². The van der Waals surface area contributed by atoms with Crippen molar-refractivity contribution in [1.82, 2.24) is 9.97 Å². The summed E-state index contributed by atoms with van der Waals surface area (Å²) < 4.78 is 5.45. The number of hydrogen-bond acceptors (Lipinski definition) is 6. The minimum atomic E-state index is -0.440. The molecule has 1 aliphatic heterocycles. The van der Waals surface area contributed by atoms with E-state index in [1.807, 2.05) is 0 Å². The molecule has 21 heavy (non-hydrogen) atoms. The van der Waals surface area contributed by atoms with Gasteiger partial charge in [-0.05, 0) is 30.9 Å². The molecule has 1 saturated heterocycles. The van der Waals surface area contributed by atoms with Crippen molar-refractivity contribution < 1.29 is 9.52 Å². The zero-order chi connectivity index (χ0) is 14.9. The van der Waals surface area contributed by atoms with Crippen molar-refractivity contribution in [3.05, 3.63) is 17.6 Å². The summed E-state index contributed by atoms with van der Waals surface area (Å²) in [5.74, 6) is 0.672. The van der Waals surface area contributed by atoms with Crippen LogP contribution >= 0.6 is 11.6 Å². The zero-order valence-electron chi connectivity index (χ0n) is 11.4. The molecule has 0 amide bonds. The average molecular weight is 307 g/mol. The van der Waals surface area contributed by atoms with E-state index in [1.54, 1.807) is 12.3 Å². The Labute approximate surface area is 127 Å². The minimum Gasteiger partial charge on any atom is -0.459 e. The number of halogens is 1. The molecule has 0 spiro atoms. The minimum absolute atomic E-state index is 0.0370. The van der Waals surface area contributed by atoms with E-state index >= 15 is 0 Å². The Morgan fingerprint density at radius 1 is 1.43 bits per heavy atom. The molecule has 1 fully saturated rings. The molecule has 0 unspecified atom stereocenters. The maximum Gasteiger partial charge on any atom is 0.225 e. The predicted octanol–water partition coefficient (Wildman–Crippen LogP) is 2.37. The molecule has 0 saturated carbocycles. The lowest BCUT2D eigenvalue weighted by Crippen LogP contribution is -2.40. The molecule has 0 radical (unpaired) electrons. The number of aliphatic hydroxyl groups is 1. The van der Waals surface area contributed by atoms with Gasteiger partial charge in [0.1, 0.15) is 5.52 Å². The molecule has 2 aromatic rings. The van der Waals surface area contributed by atoms with Crippen LogP contribution < -0.4 is 4.90 Å². The lowest BCUT2D eigenvalue weighted by atomic mass is 9.77. The van der Waals surface area contributed by atoms with Gasteiger partial charge in [-0.15, -0.1) is 0 Å². The lowest BCUT2D eigenvalue weighted by molar-refractivity contribution is 0.196. The molecule has 110 valence electrons. The number of anilines is 1. The summed E-state index contributed by atoms with van der Waals surface area (Å²) in [5, 5.41) is 18.7. The van der Waals surface area contributed by atoms with Crippen molar-refractivity contribution in [3.63, 3.8) is 0 Å². The molecular formula is C14H15ClN4O2. The van der Waals surface area contributed by atoms with Crippen LogP contribution in [0, 0.1) is 16.7 Å². The molecule has 0 atom stereocenters. The second-order valence-electron chi connectivity index (χ2n) is 5.30. The fraction of sp³-hybridized carbons (Fsp3) is 0.500. The third kappa shape index (κ3) is 2.55. The third-order valence-corrected chi connectivity index (χ3v) is 4.28. The number of nitriles is 1. The third-order valence-electron chi connectivity index (χ3n) is 4.11. The molecular weight excluding hydrogens is 292 g/mol. The van der Waals surface area contributed by atoms with Gasteiger partial charge in [0, 0.05) is 25.8 Å². The normalized spacial score (nSPS) is 17.9. The van der Waals surface area contributed by atoms with Gasteiger partial charge in [0.05, 0.1) is 17.7 Å². The SMILES string of the molecule is N#CC1(CCO)CCN(c2nc(Cl)nc3ccoc23)CC1. The van der Waals surface area contributed by atoms with Crippen LogP contribution in [0.3, 0.4) is 0 Å². The van der Waals surface area contributed by atoms with Gasteiger partial charge in [0.25, 0.3) is 0 Å². The van der Waals surface area contributed by atoms with E-state index in [4.69, 9.17) is 21.1 Å². The van der Waals surface area contributed by atoms with E-state index in [9.17, 15) is 5.26 Å². The van der Waals surface area contributed by atoms with Crippen molar-refractivity contribution >= 4 is 28.5 Å². The molecule has 0 aromatic carbocycles. The number of nitrogens with zero attached hydrogens (tertiary/aromatic N) is 4. The Morgan fingerprint density at radius 3 is 2.86 bits per heavy atom. The van der Waals surface area contributed by atoms with Gasteiger partial charge >= 0.3 is 0 Å². The molecule has 3 heterocycles. The second kappa shape index (κ2) is 5.51. The summed E-state index contributed by atoms with van der Waals surface area (Å²) >= 11 is 5.96. The number of aliphatic hydroxyl groups excluding tert-OH is 1. The Morgan fingerprint density at radius 2 is 2.19 bits per heavy atom. The fourth-order valence-electron chi connectivity index (χ4n) is 2.81. The van der Waals surface area contributed by atoms with Gasteiger partial charge in [-0.3, -0.25) is 0 Å². The summed E-state index contributed by atoms with van der Waals surface area (Å²) in [6.07, 6.45) is 3.45. The maximum absolute atomic E-state index is 9.37. The molecule has 0 aliphatic carbocycles.